The maximum absolute atomic E-state index is 6.17. The van der Waals surface area contributed by atoms with E-state index in [0.29, 0.717) is 5.92 Å². The molecule has 84 valence electrons. The molecule has 0 saturated heterocycles. The van der Waals surface area contributed by atoms with E-state index in [2.05, 4.69) is 26.0 Å². The summed E-state index contributed by atoms with van der Waals surface area (Å²) < 4.78 is 5.23. The molecule has 2 N–H and O–H groups in total. The van der Waals surface area contributed by atoms with Crippen molar-refractivity contribution in [2.24, 2.45) is 11.7 Å². The summed E-state index contributed by atoms with van der Waals surface area (Å²) in [5.41, 5.74) is 8.51. The maximum Gasteiger partial charge on any atom is 0.121 e. The minimum atomic E-state index is 0.125. The van der Waals surface area contributed by atoms with Gasteiger partial charge in [-0.05, 0) is 30.0 Å². The van der Waals surface area contributed by atoms with E-state index in [9.17, 15) is 0 Å². The van der Waals surface area contributed by atoms with Gasteiger partial charge in [-0.3, -0.25) is 0 Å². The van der Waals surface area contributed by atoms with Crippen LogP contribution in [0.5, 0.6) is 5.75 Å². The molecule has 2 unspecified atom stereocenters. The van der Waals surface area contributed by atoms with Crippen LogP contribution < -0.4 is 10.5 Å². The first-order chi connectivity index (χ1) is 7.10. The third-order valence-electron chi connectivity index (χ3n) is 3.06. The topological polar surface area (TPSA) is 35.2 Å². The Balaban J connectivity index is 2.92. The Morgan fingerprint density at radius 2 is 2.07 bits per heavy atom. The predicted octanol–water partition coefficient (Wildman–Crippen LogP) is 3.05. The van der Waals surface area contributed by atoms with Crippen molar-refractivity contribution in [3.8, 4) is 5.75 Å². The van der Waals surface area contributed by atoms with Gasteiger partial charge in [0, 0.05) is 6.04 Å². The summed E-state index contributed by atoms with van der Waals surface area (Å²) in [4.78, 5) is 0. The van der Waals surface area contributed by atoms with Crippen LogP contribution in [-0.2, 0) is 0 Å². The van der Waals surface area contributed by atoms with Crippen LogP contribution in [0.1, 0.15) is 37.4 Å². The zero-order valence-electron chi connectivity index (χ0n) is 10.1. The molecule has 2 atom stereocenters. The number of benzene rings is 1. The van der Waals surface area contributed by atoms with Crippen LogP contribution in [0, 0.1) is 12.8 Å². The van der Waals surface area contributed by atoms with Crippen LogP contribution in [-0.4, -0.2) is 7.11 Å². The lowest BCUT2D eigenvalue weighted by Gasteiger charge is -2.19. The molecule has 0 aliphatic heterocycles. The molecule has 0 bridgehead atoms. The second-order valence-corrected chi connectivity index (χ2v) is 4.14. The van der Waals surface area contributed by atoms with Gasteiger partial charge in [-0.1, -0.05) is 32.4 Å². The molecule has 0 fully saturated rings. The van der Waals surface area contributed by atoms with Gasteiger partial charge in [-0.2, -0.15) is 0 Å². The minimum Gasteiger partial charge on any atom is -0.496 e. The average Bonchev–Trinajstić information content (AvgIpc) is 2.26. The minimum absolute atomic E-state index is 0.125. The van der Waals surface area contributed by atoms with Gasteiger partial charge >= 0.3 is 0 Å². The number of nitrogens with two attached hydrogens (primary N) is 1. The number of hydrogen-bond donors (Lipinski definition) is 1. The third kappa shape index (κ3) is 2.72. The van der Waals surface area contributed by atoms with Crippen LogP contribution in [0.2, 0.25) is 0 Å². The van der Waals surface area contributed by atoms with E-state index in [1.54, 1.807) is 7.11 Å². The zero-order chi connectivity index (χ0) is 11.4. The van der Waals surface area contributed by atoms with Gasteiger partial charge in [-0.25, -0.2) is 0 Å². The summed E-state index contributed by atoms with van der Waals surface area (Å²) in [6, 6.07) is 6.30. The number of methoxy groups -OCH3 is 1. The highest BCUT2D eigenvalue weighted by molar-refractivity contribution is 5.37. The van der Waals surface area contributed by atoms with E-state index in [1.165, 1.54) is 5.56 Å². The number of aryl methyl sites for hydroxylation is 1. The van der Waals surface area contributed by atoms with Crippen LogP contribution in [0.4, 0.5) is 0 Å². The van der Waals surface area contributed by atoms with E-state index in [1.807, 2.05) is 13.0 Å². The highest BCUT2D eigenvalue weighted by Crippen LogP contribution is 2.26. The Labute approximate surface area is 92.4 Å². The summed E-state index contributed by atoms with van der Waals surface area (Å²) in [6.07, 6.45) is 1.10. The quantitative estimate of drug-likeness (QED) is 0.823. The summed E-state index contributed by atoms with van der Waals surface area (Å²) in [7, 11) is 1.69. The van der Waals surface area contributed by atoms with Gasteiger partial charge in [0.15, 0.2) is 0 Å². The van der Waals surface area contributed by atoms with E-state index < -0.39 is 0 Å². The van der Waals surface area contributed by atoms with Gasteiger partial charge in [0.05, 0.1) is 7.11 Å². The monoisotopic (exact) mass is 207 g/mol. The average molecular weight is 207 g/mol. The largest absolute Gasteiger partial charge is 0.496 e. The number of rotatable bonds is 4. The molecule has 0 amide bonds. The third-order valence-corrected chi connectivity index (χ3v) is 3.06. The molecule has 0 saturated carbocycles. The standard InChI is InChI=1S/C13H21NO/c1-5-9(2)13(14)11-6-7-12(15-4)10(3)8-11/h6-9,13H,5,14H2,1-4H3. The predicted molar refractivity (Wildman–Crippen MR) is 64.1 cm³/mol. The lowest BCUT2D eigenvalue weighted by molar-refractivity contribution is 0.410. The number of hydrogen-bond acceptors (Lipinski definition) is 2. The van der Waals surface area contributed by atoms with Gasteiger partial charge in [0.25, 0.3) is 0 Å². The lowest BCUT2D eigenvalue weighted by Crippen LogP contribution is -2.18. The molecule has 1 aromatic rings. The smallest absolute Gasteiger partial charge is 0.121 e. The Hall–Kier alpha value is -1.02. The van der Waals surface area contributed by atoms with Crippen molar-refractivity contribution < 1.29 is 4.74 Å². The molecule has 2 heteroatoms. The van der Waals surface area contributed by atoms with Crippen LogP contribution in [0.15, 0.2) is 18.2 Å². The molecular weight excluding hydrogens is 186 g/mol. The molecule has 15 heavy (non-hydrogen) atoms. The molecule has 0 aliphatic rings. The van der Waals surface area contributed by atoms with Crippen molar-refractivity contribution in [3.05, 3.63) is 29.3 Å². The van der Waals surface area contributed by atoms with Crippen LogP contribution in [0.25, 0.3) is 0 Å². The van der Waals surface area contributed by atoms with Crippen molar-refractivity contribution in [2.45, 2.75) is 33.2 Å². The fourth-order valence-corrected chi connectivity index (χ4v) is 1.69. The molecule has 0 radical (unpaired) electrons. The molecule has 0 heterocycles. The number of ether oxygens (including phenoxy) is 1. The van der Waals surface area contributed by atoms with Gasteiger partial charge in [0.2, 0.25) is 0 Å². The van der Waals surface area contributed by atoms with E-state index in [4.69, 9.17) is 10.5 Å². The maximum atomic E-state index is 6.17. The zero-order valence-corrected chi connectivity index (χ0v) is 10.1. The SMILES string of the molecule is CCC(C)C(N)c1ccc(OC)c(C)c1. The highest BCUT2D eigenvalue weighted by Gasteiger charge is 2.13. The molecule has 2 nitrogen and oxygen atoms in total. The molecule has 0 aliphatic carbocycles. The summed E-state index contributed by atoms with van der Waals surface area (Å²) >= 11 is 0. The second kappa shape index (κ2) is 5.17. The fourth-order valence-electron chi connectivity index (χ4n) is 1.69. The first kappa shape index (κ1) is 12.1. The molecule has 1 rings (SSSR count). The Morgan fingerprint density at radius 1 is 1.40 bits per heavy atom. The van der Waals surface area contributed by atoms with Crippen molar-refractivity contribution in [1.29, 1.82) is 0 Å². The van der Waals surface area contributed by atoms with Gasteiger partial charge < -0.3 is 10.5 Å². The first-order valence-electron chi connectivity index (χ1n) is 5.50. The molecule has 1 aromatic carbocycles. The molecular formula is C13H21NO. The highest BCUT2D eigenvalue weighted by atomic mass is 16.5. The van der Waals surface area contributed by atoms with Gasteiger partial charge in [-0.15, -0.1) is 0 Å². The summed E-state index contributed by atoms with van der Waals surface area (Å²) in [5, 5.41) is 0. The summed E-state index contributed by atoms with van der Waals surface area (Å²) in [5.74, 6) is 1.44. The fraction of sp³-hybridized carbons (Fsp3) is 0.538. The Bertz CT molecular complexity index is 322. The Kier molecular flexibility index (Phi) is 4.15. The lowest BCUT2D eigenvalue weighted by atomic mass is 9.92. The van der Waals surface area contributed by atoms with Crippen molar-refractivity contribution in [1.82, 2.24) is 0 Å². The van der Waals surface area contributed by atoms with Crippen molar-refractivity contribution >= 4 is 0 Å². The molecule has 0 aromatic heterocycles. The van der Waals surface area contributed by atoms with Crippen LogP contribution in [0.3, 0.4) is 0 Å². The molecule has 0 spiro atoms. The Morgan fingerprint density at radius 3 is 2.53 bits per heavy atom. The summed E-state index contributed by atoms with van der Waals surface area (Å²) in [6.45, 7) is 6.40. The van der Waals surface area contributed by atoms with E-state index in [0.717, 1.165) is 17.7 Å². The van der Waals surface area contributed by atoms with E-state index in [-0.39, 0.29) is 6.04 Å². The van der Waals surface area contributed by atoms with Crippen LogP contribution >= 0.6 is 0 Å². The van der Waals surface area contributed by atoms with Crippen molar-refractivity contribution in [2.75, 3.05) is 7.11 Å². The van der Waals surface area contributed by atoms with Crippen molar-refractivity contribution in [3.63, 3.8) is 0 Å². The second-order valence-electron chi connectivity index (χ2n) is 4.14. The van der Waals surface area contributed by atoms with Gasteiger partial charge in [0.1, 0.15) is 5.75 Å². The van der Waals surface area contributed by atoms with E-state index >= 15 is 0 Å². The first-order valence-corrected chi connectivity index (χ1v) is 5.50. The normalized spacial score (nSPS) is 14.7.